The monoisotopic (exact) mass is 278 g/mol. The van der Waals surface area contributed by atoms with Crippen molar-refractivity contribution in [2.45, 2.75) is 18.9 Å². The number of amides is 3. The number of carbonyl (C=O) groups excluding carboxylic acids is 2. The molecule has 1 aromatic carbocycles. The first-order valence-corrected chi connectivity index (χ1v) is 6.39. The van der Waals surface area contributed by atoms with Crippen molar-refractivity contribution in [3.63, 3.8) is 0 Å². The third-order valence-electron chi connectivity index (χ3n) is 3.10. The summed E-state index contributed by atoms with van der Waals surface area (Å²) in [5, 5.41) is 8.39. The number of carbonyl (C=O) groups is 2. The second kappa shape index (κ2) is 6.25. The summed E-state index contributed by atoms with van der Waals surface area (Å²) >= 11 is 0. The van der Waals surface area contributed by atoms with Crippen LogP contribution in [0.1, 0.15) is 12.8 Å². The zero-order chi connectivity index (χ0) is 14.5. The predicted octanol–water partition coefficient (Wildman–Crippen LogP) is 0.876. The molecule has 0 saturated carbocycles. The van der Waals surface area contributed by atoms with E-state index in [1.807, 2.05) is 0 Å². The Kier molecular flexibility index (Phi) is 4.41. The highest BCUT2D eigenvalue weighted by atomic mass is 16.5. The van der Waals surface area contributed by atoms with Gasteiger partial charge in [-0.25, -0.2) is 4.79 Å². The average molecular weight is 278 g/mol. The van der Waals surface area contributed by atoms with Crippen LogP contribution in [0.5, 0.6) is 5.75 Å². The third-order valence-corrected chi connectivity index (χ3v) is 3.10. The smallest absolute Gasteiger partial charge is 0.316 e. The van der Waals surface area contributed by atoms with Crippen LogP contribution in [0.2, 0.25) is 0 Å². The number of hydrogen-bond donors (Lipinski definition) is 4. The number of nitrogens with two attached hydrogens (primary N) is 1. The highest BCUT2D eigenvalue weighted by Gasteiger charge is 2.22. The van der Waals surface area contributed by atoms with Crippen LogP contribution >= 0.6 is 0 Å². The van der Waals surface area contributed by atoms with Gasteiger partial charge in [0.25, 0.3) is 0 Å². The summed E-state index contributed by atoms with van der Waals surface area (Å²) < 4.78 is 5.16. The van der Waals surface area contributed by atoms with Crippen LogP contribution in [0.3, 0.4) is 0 Å². The Labute approximate surface area is 116 Å². The Balaban J connectivity index is 2.08. The van der Waals surface area contributed by atoms with Gasteiger partial charge in [0, 0.05) is 11.8 Å². The maximum absolute atomic E-state index is 12.0. The standard InChI is InChI=1S/C13H18N4O3/c1-20-11-7-8(4-5-9(11)17-13(14)19)16-12(18)10-3-2-6-15-10/h4-5,7,10,15H,2-3,6H2,1H3,(H,16,18)(H3,14,17,19). The first kappa shape index (κ1) is 14.1. The van der Waals surface area contributed by atoms with Crippen LogP contribution in [-0.4, -0.2) is 31.6 Å². The maximum Gasteiger partial charge on any atom is 0.316 e. The van der Waals surface area contributed by atoms with Crippen molar-refractivity contribution in [3.8, 4) is 5.75 Å². The summed E-state index contributed by atoms with van der Waals surface area (Å²) in [5.74, 6) is 0.362. The minimum atomic E-state index is -0.671. The van der Waals surface area contributed by atoms with Gasteiger partial charge >= 0.3 is 6.03 Å². The van der Waals surface area contributed by atoms with Gasteiger partial charge in [-0.05, 0) is 31.5 Å². The molecule has 20 heavy (non-hydrogen) atoms. The largest absolute Gasteiger partial charge is 0.494 e. The Morgan fingerprint density at radius 1 is 1.40 bits per heavy atom. The summed E-state index contributed by atoms with van der Waals surface area (Å²) in [6.45, 7) is 0.864. The molecule has 0 bridgehead atoms. The van der Waals surface area contributed by atoms with E-state index in [1.54, 1.807) is 18.2 Å². The molecule has 1 aliphatic rings. The molecule has 0 aromatic heterocycles. The lowest BCUT2D eigenvalue weighted by atomic mass is 10.2. The first-order chi connectivity index (χ1) is 9.60. The molecule has 0 aliphatic carbocycles. The van der Waals surface area contributed by atoms with Gasteiger partial charge in [-0.3, -0.25) is 4.79 Å². The zero-order valence-corrected chi connectivity index (χ0v) is 11.2. The van der Waals surface area contributed by atoms with E-state index in [2.05, 4.69) is 16.0 Å². The van der Waals surface area contributed by atoms with Gasteiger partial charge in [0.15, 0.2) is 0 Å². The first-order valence-electron chi connectivity index (χ1n) is 6.39. The quantitative estimate of drug-likeness (QED) is 0.656. The third kappa shape index (κ3) is 3.39. The molecule has 108 valence electrons. The van der Waals surface area contributed by atoms with E-state index in [1.165, 1.54) is 7.11 Å². The number of methoxy groups -OCH3 is 1. The van der Waals surface area contributed by atoms with Crippen molar-refractivity contribution in [1.82, 2.24) is 5.32 Å². The van der Waals surface area contributed by atoms with Crippen LogP contribution in [-0.2, 0) is 4.79 Å². The number of rotatable bonds is 4. The second-order valence-electron chi connectivity index (χ2n) is 4.54. The Bertz CT molecular complexity index is 512. The normalized spacial score (nSPS) is 17.6. The van der Waals surface area contributed by atoms with Crippen molar-refractivity contribution in [3.05, 3.63) is 18.2 Å². The number of ether oxygens (including phenoxy) is 1. The SMILES string of the molecule is COc1cc(NC(=O)C2CCCN2)ccc1NC(N)=O. The molecule has 5 N–H and O–H groups in total. The van der Waals surface area contributed by atoms with Gasteiger partial charge < -0.3 is 26.4 Å². The van der Waals surface area contributed by atoms with Gasteiger partial charge in [0.2, 0.25) is 5.91 Å². The number of benzene rings is 1. The van der Waals surface area contributed by atoms with E-state index in [0.717, 1.165) is 19.4 Å². The van der Waals surface area contributed by atoms with E-state index in [9.17, 15) is 9.59 Å². The summed E-state index contributed by atoms with van der Waals surface area (Å²) in [7, 11) is 1.48. The van der Waals surface area contributed by atoms with E-state index < -0.39 is 6.03 Å². The molecule has 7 heteroatoms. The lowest BCUT2D eigenvalue weighted by Crippen LogP contribution is -2.35. The highest BCUT2D eigenvalue weighted by molar-refractivity contribution is 5.96. The fraction of sp³-hybridized carbons (Fsp3) is 0.385. The van der Waals surface area contributed by atoms with Crippen molar-refractivity contribution in [2.24, 2.45) is 5.73 Å². The van der Waals surface area contributed by atoms with Crippen LogP contribution in [0.25, 0.3) is 0 Å². The zero-order valence-electron chi connectivity index (χ0n) is 11.2. The molecule has 1 fully saturated rings. The number of anilines is 2. The summed E-state index contributed by atoms with van der Waals surface area (Å²) in [6.07, 6.45) is 1.84. The van der Waals surface area contributed by atoms with Crippen molar-refractivity contribution < 1.29 is 14.3 Å². The fourth-order valence-corrected chi connectivity index (χ4v) is 2.14. The number of urea groups is 1. The topological polar surface area (TPSA) is 105 Å². The summed E-state index contributed by atoms with van der Waals surface area (Å²) in [6, 6.07) is 4.12. The van der Waals surface area contributed by atoms with Crippen molar-refractivity contribution >= 4 is 23.3 Å². The van der Waals surface area contributed by atoms with Gasteiger partial charge in [0.05, 0.1) is 18.8 Å². The molecule has 1 aromatic rings. The molecule has 3 amide bonds. The fourth-order valence-electron chi connectivity index (χ4n) is 2.14. The highest BCUT2D eigenvalue weighted by Crippen LogP contribution is 2.28. The van der Waals surface area contributed by atoms with Crippen molar-refractivity contribution in [1.29, 1.82) is 0 Å². The molecule has 0 spiro atoms. The van der Waals surface area contributed by atoms with E-state index in [-0.39, 0.29) is 11.9 Å². The van der Waals surface area contributed by atoms with E-state index in [4.69, 9.17) is 10.5 Å². The Morgan fingerprint density at radius 3 is 2.80 bits per heavy atom. The molecule has 1 saturated heterocycles. The van der Waals surface area contributed by atoms with Gasteiger partial charge in [-0.1, -0.05) is 0 Å². The van der Waals surface area contributed by atoms with Gasteiger partial charge in [0.1, 0.15) is 5.75 Å². The van der Waals surface area contributed by atoms with Gasteiger partial charge in [-0.15, -0.1) is 0 Å². The van der Waals surface area contributed by atoms with Gasteiger partial charge in [-0.2, -0.15) is 0 Å². The van der Waals surface area contributed by atoms with Crippen LogP contribution in [0.4, 0.5) is 16.2 Å². The van der Waals surface area contributed by atoms with E-state index in [0.29, 0.717) is 17.1 Å². The summed E-state index contributed by atoms with van der Waals surface area (Å²) in [5.41, 5.74) is 6.13. The molecule has 1 heterocycles. The average Bonchev–Trinajstić information content (AvgIpc) is 2.94. The molecule has 1 atom stereocenters. The lowest BCUT2D eigenvalue weighted by Gasteiger charge is -2.14. The van der Waals surface area contributed by atoms with E-state index >= 15 is 0 Å². The predicted molar refractivity (Wildman–Crippen MR) is 75.9 cm³/mol. The number of primary amides is 1. The molecule has 0 radical (unpaired) electrons. The molecule has 1 unspecified atom stereocenters. The van der Waals surface area contributed by atoms with Crippen molar-refractivity contribution in [2.75, 3.05) is 24.3 Å². The van der Waals surface area contributed by atoms with Crippen LogP contribution in [0, 0.1) is 0 Å². The number of hydrogen-bond acceptors (Lipinski definition) is 4. The molecule has 7 nitrogen and oxygen atoms in total. The van der Waals surface area contributed by atoms with Crippen LogP contribution < -0.4 is 26.4 Å². The molecule has 2 rings (SSSR count). The second-order valence-corrected chi connectivity index (χ2v) is 4.54. The minimum Gasteiger partial charge on any atom is -0.494 e. The Morgan fingerprint density at radius 2 is 2.20 bits per heavy atom. The minimum absolute atomic E-state index is 0.0693. The molecule has 1 aliphatic heterocycles. The Hall–Kier alpha value is -2.28. The number of nitrogens with one attached hydrogen (secondary N) is 3. The molecular weight excluding hydrogens is 260 g/mol. The van der Waals surface area contributed by atoms with Crippen LogP contribution in [0.15, 0.2) is 18.2 Å². The maximum atomic E-state index is 12.0. The molecular formula is C13H18N4O3. The summed E-state index contributed by atoms with van der Waals surface area (Å²) in [4.78, 5) is 22.8. The lowest BCUT2D eigenvalue weighted by molar-refractivity contribution is -0.117.